The standard InChI is InChI=1S/C20H28N4/c1-21-13-17-7-6-12-24(15-17)16-18-10-11-20(22-14-18)23(2)19-8-4-3-5-9-19/h3-5,8-11,14,17,21H,6-7,12-13,15-16H2,1-2H3. The molecule has 3 rings (SSSR count). The van der Waals surface area contributed by atoms with Gasteiger partial charge in [0.15, 0.2) is 0 Å². The van der Waals surface area contributed by atoms with Crippen LogP contribution in [0.1, 0.15) is 18.4 Å². The van der Waals surface area contributed by atoms with Crippen molar-refractivity contribution in [2.45, 2.75) is 19.4 Å². The van der Waals surface area contributed by atoms with Crippen molar-refractivity contribution in [3.05, 3.63) is 54.2 Å². The quantitative estimate of drug-likeness (QED) is 0.883. The third-order valence-electron chi connectivity index (χ3n) is 4.80. The second-order valence-electron chi connectivity index (χ2n) is 6.72. The maximum atomic E-state index is 4.66. The maximum absolute atomic E-state index is 4.66. The van der Waals surface area contributed by atoms with E-state index in [0.717, 1.165) is 30.5 Å². The van der Waals surface area contributed by atoms with Crippen LogP contribution in [0.25, 0.3) is 0 Å². The smallest absolute Gasteiger partial charge is 0.132 e. The first-order chi connectivity index (χ1) is 11.8. The molecule has 1 N–H and O–H groups in total. The maximum Gasteiger partial charge on any atom is 0.132 e. The van der Waals surface area contributed by atoms with E-state index in [2.05, 4.69) is 63.5 Å². The van der Waals surface area contributed by atoms with Gasteiger partial charge in [0.2, 0.25) is 0 Å². The number of nitrogens with zero attached hydrogens (tertiary/aromatic N) is 3. The van der Waals surface area contributed by atoms with E-state index >= 15 is 0 Å². The Morgan fingerprint density at radius 1 is 1.21 bits per heavy atom. The van der Waals surface area contributed by atoms with Gasteiger partial charge in [-0.1, -0.05) is 24.3 Å². The molecule has 0 aliphatic carbocycles. The zero-order valence-electron chi connectivity index (χ0n) is 14.8. The molecular weight excluding hydrogens is 296 g/mol. The molecule has 0 bridgehead atoms. The molecule has 2 heterocycles. The Morgan fingerprint density at radius 2 is 2.04 bits per heavy atom. The highest BCUT2D eigenvalue weighted by Crippen LogP contribution is 2.22. The van der Waals surface area contributed by atoms with Crippen LogP contribution < -0.4 is 10.2 Å². The van der Waals surface area contributed by atoms with Crippen LogP contribution in [-0.4, -0.2) is 43.6 Å². The minimum Gasteiger partial charge on any atom is -0.329 e. The third-order valence-corrected chi connectivity index (χ3v) is 4.80. The lowest BCUT2D eigenvalue weighted by molar-refractivity contribution is 0.166. The van der Waals surface area contributed by atoms with Crippen LogP contribution in [0.5, 0.6) is 0 Å². The summed E-state index contributed by atoms with van der Waals surface area (Å²) in [5.41, 5.74) is 2.45. The van der Waals surface area contributed by atoms with Gasteiger partial charge < -0.3 is 10.2 Å². The van der Waals surface area contributed by atoms with Crippen molar-refractivity contribution in [3.8, 4) is 0 Å². The molecule has 1 aromatic heterocycles. The minimum atomic E-state index is 0.778. The molecule has 128 valence electrons. The number of pyridine rings is 1. The van der Waals surface area contributed by atoms with Crippen LogP contribution in [0, 0.1) is 5.92 Å². The summed E-state index contributed by atoms with van der Waals surface area (Å²) < 4.78 is 0. The molecule has 1 aromatic carbocycles. The van der Waals surface area contributed by atoms with Gasteiger partial charge >= 0.3 is 0 Å². The Bertz CT molecular complexity index is 609. The highest BCUT2D eigenvalue weighted by molar-refractivity contribution is 5.58. The number of hydrogen-bond acceptors (Lipinski definition) is 4. The summed E-state index contributed by atoms with van der Waals surface area (Å²) in [6.45, 7) is 4.51. The summed E-state index contributed by atoms with van der Waals surface area (Å²) in [6, 6.07) is 14.7. The summed E-state index contributed by atoms with van der Waals surface area (Å²) in [7, 11) is 4.11. The molecule has 0 saturated carbocycles. The molecule has 4 heteroatoms. The number of rotatable bonds is 6. The number of piperidine rings is 1. The van der Waals surface area contributed by atoms with Crippen molar-refractivity contribution in [3.63, 3.8) is 0 Å². The lowest BCUT2D eigenvalue weighted by atomic mass is 9.98. The summed E-state index contributed by atoms with van der Waals surface area (Å²) >= 11 is 0. The first kappa shape index (κ1) is 16.9. The van der Waals surface area contributed by atoms with Crippen molar-refractivity contribution in [1.82, 2.24) is 15.2 Å². The van der Waals surface area contributed by atoms with E-state index in [-0.39, 0.29) is 0 Å². The van der Waals surface area contributed by atoms with E-state index in [4.69, 9.17) is 0 Å². The van der Waals surface area contributed by atoms with E-state index in [1.807, 2.05) is 19.3 Å². The van der Waals surface area contributed by atoms with E-state index in [1.165, 1.54) is 31.5 Å². The van der Waals surface area contributed by atoms with Crippen molar-refractivity contribution in [2.75, 3.05) is 38.6 Å². The molecule has 1 unspecified atom stereocenters. The first-order valence-corrected chi connectivity index (χ1v) is 8.87. The topological polar surface area (TPSA) is 31.4 Å². The molecule has 24 heavy (non-hydrogen) atoms. The molecule has 0 amide bonds. The highest BCUT2D eigenvalue weighted by Gasteiger charge is 2.19. The van der Waals surface area contributed by atoms with E-state index in [0.29, 0.717) is 0 Å². The number of benzene rings is 1. The SMILES string of the molecule is CNCC1CCCN(Cc2ccc(N(C)c3ccccc3)nc2)C1. The number of anilines is 2. The van der Waals surface area contributed by atoms with Gasteiger partial charge in [-0.25, -0.2) is 4.98 Å². The summed E-state index contributed by atoms with van der Waals surface area (Å²) in [5, 5.41) is 3.31. The molecule has 1 fully saturated rings. The second kappa shape index (κ2) is 8.27. The van der Waals surface area contributed by atoms with Gasteiger partial charge in [0.1, 0.15) is 5.82 Å². The van der Waals surface area contributed by atoms with Crippen molar-refractivity contribution >= 4 is 11.5 Å². The predicted octanol–water partition coefficient (Wildman–Crippen LogP) is 3.28. The Labute approximate surface area is 145 Å². The molecule has 1 saturated heterocycles. The Kier molecular flexibility index (Phi) is 5.83. The van der Waals surface area contributed by atoms with Gasteiger partial charge in [-0.05, 0) is 62.7 Å². The van der Waals surface area contributed by atoms with Gasteiger partial charge in [0, 0.05) is 32.0 Å². The number of likely N-dealkylation sites (tertiary alicyclic amines) is 1. The van der Waals surface area contributed by atoms with Crippen molar-refractivity contribution in [1.29, 1.82) is 0 Å². The molecular formula is C20H28N4. The van der Waals surface area contributed by atoms with Gasteiger partial charge in [0.25, 0.3) is 0 Å². The fourth-order valence-electron chi connectivity index (χ4n) is 3.50. The predicted molar refractivity (Wildman–Crippen MR) is 101 cm³/mol. The molecule has 0 radical (unpaired) electrons. The zero-order valence-corrected chi connectivity index (χ0v) is 14.8. The van der Waals surface area contributed by atoms with Gasteiger partial charge in [-0.2, -0.15) is 0 Å². The number of aromatic nitrogens is 1. The van der Waals surface area contributed by atoms with Gasteiger partial charge in [0.05, 0.1) is 0 Å². The van der Waals surface area contributed by atoms with E-state index in [1.54, 1.807) is 0 Å². The number of nitrogens with one attached hydrogen (secondary N) is 1. The van der Waals surface area contributed by atoms with Crippen LogP contribution in [0.3, 0.4) is 0 Å². The molecule has 1 aliphatic rings. The molecule has 4 nitrogen and oxygen atoms in total. The van der Waals surface area contributed by atoms with Crippen LogP contribution in [0.2, 0.25) is 0 Å². The van der Waals surface area contributed by atoms with Crippen LogP contribution in [0.15, 0.2) is 48.7 Å². The lowest BCUT2D eigenvalue weighted by Gasteiger charge is -2.32. The fraction of sp³-hybridized carbons (Fsp3) is 0.450. The average Bonchev–Trinajstić information content (AvgIpc) is 2.63. The summed E-state index contributed by atoms with van der Waals surface area (Å²) in [5.74, 6) is 1.76. The monoisotopic (exact) mass is 324 g/mol. The van der Waals surface area contributed by atoms with Gasteiger partial charge in [-0.15, -0.1) is 0 Å². The van der Waals surface area contributed by atoms with Crippen LogP contribution in [0.4, 0.5) is 11.5 Å². The minimum absolute atomic E-state index is 0.778. The highest BCUT2D eigenvalue weighted by atomic mass is 15.2. The van der Waals surface area contributed by atoms with Crippen molar-refractivity contribution < 1.29 is 0 Å². The Hall–Kier alpha value is -1.91. The van der Waals surface area contributed by atoms with Crippen LogP contribution in [-0.2, 0) is 6.54 Å². The molecule has 0 spiro atoms. The van der Waals surface area contributed by atoms with Crippen molar-refractivity contribution in [2.24, 2.45) is 5.92 Å². The average molecular weight is 324 g/mol. The summed E-state index contributed by atoms with van der Waals surface area (Å²) in [6.07, 6.45) is 4.67. The van der Waals surface area contributed by atoms with E-state index < -0.39 is 0 Å². The zero-order chi connectivity index (χ0) is 16.8. The van der Waals surface area contributed by atoms with Crippen LogP contribution >= 0.6 is 0 Å². The normalized spacial score (nSPS) is 18.5. The number of para-hydroxylation sites is 1. The van der Waals surface area contributed by atoms with E-state index in [9.17, 15) is 0 Å². The van der Waals surface area contributed by atoms with Gasteiger partial charge in [-0.3, -0.25) is 4.90 Å². The summed E-state index contributed by atoms with van der Waals surface area (Å²) in [4.78, 5) is 9.34. The largest absolute Gasteiger partial charge is 0.329 e. The fourth-order valence-corrected chi connectivity index (χ4v) is 3.50. The lowest BCUT2D eigenvalue weighted by Crippen LogP contribution is -2.38. The first-order valence-electron chi connectivity index (χ1n) is 8.87. The molecule has 1 atom stereocenters. The molecule has 1 aliphatic heterocycles. The molecule has 2 aromatic rings. The Morgan fingerprint density at radius 3 is 2.75 bits per heavy atom. The second-order valence-corrected chi connectivity index (χ2v) is 6.72. The Balaban J connectivity index is 1.60. The third kappa shape index (κ3) is 4.34. The number of hydrogen-bond donors (Lipinski definition) is 1.